The van der Waals surface area contributed by atoms with E-state index in [1.807, 2.05) is 17.8 Å². The third-order valence-electron chi connectivity index (χ3n) is 4.12. The van der Waals surface area contributed by atoms with Gasteiger partial charge in [0.25, 0.3) is 0 Å². The van der Waals surface area contributed by atoms with E-state index in [4.69, 9.17) is 0 Å². The van der Waals surface area contributed by atoms with Crippen LogP contribution < -0.4 is 10.6 Å². The van der Waals surface area contributed by atoms with Gasteiger partial charge in [0.05, 0.1) is 19.0 Å². The Morgan fingerprint density at radius 3 is 2.77 bits per heavy atom. The van der Waals surface area contributed by atoms with Crippen molar-refractivity contribution in [2.45, 2.75) is 52.8 Å². The second-order valence-corrected chi connectivity index (χ2v) is 7.69. The summed E-state index contributed by atoms with van der Waals surface area (Å²) in [4.78, 5) is 16.2. The minimum atomic E-state index is -0.416. The van der Waals surface area contributed by atoms with Crippen molar-refractivity contribution in [3.63, 3.8) is 0 Å². The van der Waals surface area contributed by atoms with Crippen molar-refractivity contribution in [3.8, 4) is 0 Å². The summed E-state index contributed by atoms with van der Waals surface area (Å²) >= 11 is 1.77. The van der Waals surface area contributed by atoms with Crippen LogP contribution in [-0.2, 0) is 13.1 Å². The fraction of sp³-hybridized carbons (Fsp3) is 0.500. The van der Waals surface area contributed by atoms with E-state index < -0.39 is 6.10 Å². The van der Waals surface area contributed by atoms with Gasteiger partial charge in [-0.2, -0.15) is 9.97 Å². The van der Waals surface area contributed by atoms with Crippen LogP contribution in [0.25, 0.3) is 11.2 Å². The number of hydrogen-bond acceptors (Lipinski definition) is 7. The molecular weight excluding hydrogens is 348 g/mol. The van der Waals surface area contributed by atoms with E-state index in [9.17, 15) is 5.11 Å². The first kappa shape index (κ1) is 18.6. The number of fused-ring (bicyclic) bond motifs is 1. The summed E-state index contributed by atoms with van der Waals surface area (Å²) in [5.74, 6) is 1.22. The normalized spacial score (nSPS) is 12.5. The lowest BCUT2D eigenvalue weighted by Crippen LogP contribution is -2.20. The Balaban J connectivity index is 1.88. The number of thiophene rings is 1. The van der Waals surface area contributed by atoms with Crippen molar-refractivity contribution in [1.82, 2.24) is 19.5 Å². The average Bonchev–Trinajstić information content (AvgIpc) is 3.24. The van der Waals surface area contributed by atoms with E-state index in [2.05, 4.69) is 51.6 Å². The topological polar surface area (TPSA) is 87.9 Å². The zero-order chi connectivity index (χ0) is 18.5. The Morgan fingerprint density at radius 1 is 1.23 bits per heavy atom. The Labute approximate surface area is 157 Å². The van der Waals surface area contributed by atoms with E-state index in [0.717, 1.165) is 24.1 Å². The summed E-state index contributed by atoms with van der Waals surface area (Å²) < 4.78 is 2.04. The molecule has 0 amide bonds. The Bertz CT molecular complexity index is 859. The number of aliphatic hydroxyl groups excluding tert-OH is 1. The highest BCUT2D eigenvalue weighted by molar-refractivity contribution is 7.11. The molecule has 3 aromatic heterocycles. The van der Waals surface area contributed by atoms with Crippen molar-refractivity contribution in [2.24, 2.45) is 0 Å². The average molecular weight is 375 g/mol. The molecule has 0 saturated heterocycles. The standard InChI is InChI=1S/C18H26N6OS/c1-4-8-24-11-21-15-16(19-10-14-7-6-12(3)26-14)22-18(23-17(15)24)20-9-13(25)5-2/h6-7,11,13,25H,4-5,8-10H2,1-3H3,(H2,19,20,22,23)/t13-/m1/s1. The summed E-state index contributed by atoms with van der Waals surface area (Å²) in [5.41, 5.74) is 1.58. The van der Waals surface area contributed by atoms with Gasteiger partial charge in [-0.25, -0.2) is 4.98 Å². The second-order valence-electron chi connectivity index (χ2n) is 6.31. The molecule has 3 N–H and O–H groups in total. The van der Waals surface area contributed by atoms with Gasteiger partial charge in [-0.1, -0.05) is 13.8 Å². The Morgan fingerprint density at radius 2 is 2.08 bits per heavy atom. The molecule has 0 radical (unpaired) electrons. The second kappa shape index (κ2) is 8.46. The minimum absolute atomic E-state index is 0.416. The zero-order valence-corrected chi connectivity index (χ0v) is 16.3. The number of nitrogens with zero attached hydrogens (tertiary/aromatic N) is 4. The lowest BCUT2D eigenvalue weighted by Gasteiger charge is -2.12. The Kier molecular flexibility index (Phi) is 6.05. The molecule has 26 heavy (non-hydrogen) atoms. The molecule has 0 aliphatic carbocycles. The molecule has 3 rings (SSSR count). The van der Waals surface area contributed by atoms with Crippen LogP contribution in [0.15, 0.2) is 18.5 Å². The van der Waals surface area contributed by atoms with E-state index in [-0.39, 0.29) is 0 Å². The van der Waals surface area contributed by atoms with Gasteiger partial charge in [0, 0.05) is 22.8 Å². The molecule has 140 valence electrons. The maximum atomic E-state index is 9.81. The van der Waals surface area contributed by atoms with Gasteiger partial charge >= 0.3 is 0 Å². The van der Waals surface area contributed by atoms with Gasteiger partial charge in [0.1, 0.15) is 0 Å². The van der Waals surface area contributed by atoms with Gasteiger partial charge in [-0.3, -0.25) is 0 Å². The van der Waals surface area contributed by atoms with Crippen molar-refractivity contribution in [3.05, 3.63) is 28.2 Å². The van der Waals surface area contributed by atoms with Crippen molar-refractivity contribution in [1.29, 1.82) is 0 Å². The summed E-state index contributed by atoms with van der Waals surface area (Å²) in [6.07, 6.45) is 3.09. The maximum absolute atomic E-state index is 9.81. The monoisotopic (exact) mass is 374 g/mol. The number of aryl methyl sites for hydroxylation is 2. The molecule has 0 unspecified atom stereocenters. The zero-order valence-electron chi connectivity index (χ0n) is 15.5. The van der Waals surface area contributed by atoms with Crippen LogP contribution in [-0.4, -0.2) is 37.3 Å². The third-order valence-corrected chi connectivity index (χ3v) is 5.12. The summed E-state index contributed by atoms with van der Waals surface area (Å²) in [5, 5.41) is 16.3. The van der Waals surface area contributed by atoms with Crippen LogP contribution in [0, 0.1) is 6.92 Å². The predicted octanol–water partition coefficient (Wildman–Crippen LogP) is 3.40. The first-order valence-electron chi connectivity index (χ1n) is 9.04. The molecule has 7 nitrogen and oxygen atoms in total. The number of aliphatic hydroxyl groups is 1. The summed E-state index contributed by atoms with van der Waals surface area (Å²) in [6.45, 7) is 8.15. The molecule has 8 heteroatoms. The smallest absolute Gasteiger partial charge is 0.226 e. The molecule has 3 heterocycles. The molecule has 0 saturated carbocycles. The van der Waals surface area contributed by atoms with Crippen LogP contribution in [0.2, 0.25) is 0 Å². The minimum Gasteiger partial charge on any atom is -0.391 e. The van der Waals surface area contributed by atoms with Gasteiger partial charge in [-0.05, 0) is 31.9 Å². The van der Waals surface area contributed by atoms with Crippen LogP contribution in [0.1, 0.15) is 36.4 Å². The third kappa shape index (κ3) is 4.31. The van der Waals surface area contributed by atoms with Crippen molar-refractivity contribution >= 4 is 34.3 Å². The highest BCUT2D eigenvalue weighted by Crippen LogP contribution is 2.23. The van der Waals surface area contributed by atoms with E-state index >= 15 is 0 Å². The van der Waals surface area contributed by atoms with Gasteiger partial charge in [0.15, 0.2) is 17.0 Å². The molecule has 0 bridgehead atoms. The van der Waals surface area contributed by atoms with E-state index in [1.54, 1.807) is 11.3 Å². The van der Waals surface area contributed by atoms with Crippen LogP contribution in [0.5, 0.6) is 0 Å². The number of anilines is 2. The summed E-state index contributed by atoms with van der Waals surface area (Å²) in [7, 11) is 0. The van der Waals surface area contributed by atoms with Gasteiger partial charge in [-0.15, -0.1) is 11.3 Å². The van der Waals surface area contributed by atoms with E-state index in [1.165, 1.54) is 9.75 Å². The molecule has 0 aliphatic heterocycles. The molecule has 1 atom stereocenters. The first-order valence-corrected chi connectivity index (χ1v) is 9.86. The molecular formula is C18H26N6OS. The maximum Gasteiger partial charge on any atom is 0.226 e. The summed E-state index contributed by atoms with van der Waals surface area (Å²) in [6, 6.07) is 4.24. The Hall–Kier alpha value is -2.19. The quantitative estimate of drug-likeness (QED) is 0.532. The first-order chi connectivity index (χ1) is 12.6. The van der Waals surface area contributed by atoms with Crippen LogP contribution >= 0.6 is 11.3 Å². The highest BCUT2D eigenvalue weighted by atomic mass is 32.1. The number of hydrogen-bond donors (Lipinski definition) is 3. The number of rotatable bonds is 9. The van der Waals surface area contributed by atoms with Crippen molar-refractivity contribution < 1.29 is 5.11 Å². The van der Waals surface area contributed by atoms with Crippen LogP contribution in [0.4, 0.5) is 11.8 Å². The highest BCUT2D eigenvalue weighted by Gasteiger charge is 2.14. The lowest BCUT2D eigenvalue weighted by atomic mass is 10.3. The number of aromatic nitrogens is 4. The molecule has 0 aromatic carbocycles. The van der Waals surface area contributed by atoms with Crippen LogP contribution in [0.3, 0.4) is 0 Å². The molecule has 3 aromatic rings. The lowest BCUT2D eigenvalue weighted by molar-refractivity contribution is 0.183. The molecule has 0 aliphatic rings. The van der Waals surface area contributed by atoms with Crippen molar-refractivity contribution in [2.75, 3.05) is 17.2 Å². The molecule has 0 spiro atoms. The fourth-order valence-corrected chi connectivity index (χ4v) is 3.49. The molecule has 0 fully saturated rings. The van der Waals surface area contributed by atoms with E-state index in [0.29, 0.717) is 31.3 Å². The fourth-order valence-electron chi connectivity index (χ4n) is 2.66. The number of imidazole rings is 1. The largest absolute Gasteiger partial charge is 0.391 e. The number of nitrogens with one attached hydrogen (secondary N) is 2. The van der Waals surface area contributed by atoms with Gasteiger partial charge < -0.3 is 20.3 Å². The predicted molar refractivity (Wildman–Crippen MR) is 107 cm³/mol. The van der Waals surface area contributed by atoms with Gasteiger partial charge in [0.2, 0.25) is 5.95 Å². The SMILES string of the molecule is CCCn1cnc2c(NCc3ccc(C)s3)nc(NC[C@H](O)CC)nc21.